The first-order valence-electron chi connectivity index (χ1n) is 10.9. The van der Waals surface area contributed by atoms with Crippen molar-refractivity contribution in [2.24, 2.45) is 15.3 Å². The first kappa shape index (κ1) is 31.5. The van der Waals surface area contributed by atoms with Crippen molar-refractivity contribution in [3.8, 4) is 0 Å². The van der Waals surface area contributed by atoms with E-state index >= 15 is 0 Å². The van der Waals surface area contributed by atoms with Gasteiger partial charge in [-0.05, 0) is 99.9 Å². The van der Waals surface area contributed by atoms with Crippen LogP contribution in [0.25, 0.3) is 0 Å². The van der Waals surface area contributed by atoms with Crippen LogP contribution in [-0.2, 0) is 0 Å². The Kier molecular flexibility index (Phi) is 16.7. The number of hydrogen-bond donors (Lipinski definition) is 0. The molecule has 180 valence electrons. The Morgan fingerprint density at radius 1 is 0.562 bits per heavy atom. The van der Waals surface area contributed by atoms with E-state index in [1.165, 1.54) is 44.5 Å². The predicted octanol–water partition coefficient (Wildman–Crippen LogP) is 6.59. The van der Waals surface area contributed by atoms with Crippen molar-refractivity contribution in [2.45, 2.75) is 55.4 Å². The molecule has 2 rings (SSSR count). The number of benzene rings is 2. The Labute approximate surface area is 198 Å². The standard InChI is InChI=1S/2C10H14.C4H10N2.C3H9N3/c2*1-7-5-6-8(2)10(4)9(7)3;1-5-4-6(2)3;1-4-5-6(2)3/h2*5-6H,1-4H3;4H,1-3H3;1-3H3. The van der Waals surface area contributed by atoms with E-state index in [1.807, 2.05) is 33.1 Å². The van der Waals surface area contributed by atoms with Crippen LogP contribution in [-0.4, -0.2) is 58.5 Å². The molecule has 0 atom stereocenters. The van der Waals surface area contributed by atoms with E-state index in [1.54, 1.807) is 25.4 Å². The number of rotatable bonds is 2. The summed E-state index contributed by atoms with van der Waals surface area (Å²) in [6.07, 6.45) is 1.75. The van der Waals surface area contributed by atoms with E-state index in [4.69, 9.17) is 0 Å². The minimum atomic E-state index is 1.39. The minimum Gasteiger partial charge on any atom is -0.369 e. The molecule has 0 fully saturated rings. The summed E-state index contributed by atoms with van der Waals surface area (Å²) in [5, 5.41) is 8.71. The van der Waals surface area contributed by atoms with E-state index < -0.39 is 0 Å². The molecule has 0 aliphatic heterocycles. The van der Waals surface area contributed by atoms with Gasteiger partial charge >= 0.3 is 0 Å². The van der Waals surface area contributed by atoms with Gasteiger partial charge in [0.1, 0.15) is 0 Å². The first-order chi connectivity index (χ1) is 14.8. The van der Waals surface area contributed by atoms with Gasteiger partial charge in [0.25, 0.3) is 0 Å². The third kappa shape index (κ3) is 13.6. The number of aliphatic imine (C=N–C) groups is 1. The van der Waals surface area contributed by atoms with Gasteiger partial charge in [-0.1, -0.05) is 29.5 Å². The highest BCUT2D eigenvalue weighted by molar-refractivity contribution is 5.53. The van der Waals surface area contributed by atoms with Gasteiger partial charge in [0.15, 0.2) is 0 Å². The fraction of sp³-hybridized carbons (Fsp3) is 0.519. The molecule has 5 heteroatoms. The van der Waals surface area contributed by atoms with Gasteiger partial charge in [0, 0.05) is 35.2 Å². The zero-order chi connectivity index (χ0) is 25.4. The lowest BCUT2D eigenvalue weighted by atomic mass is 10.0. The molecule has 0 bridgehead atoms. The van der Waals surface area contributed by atoms with Gasteiger partial charge in [-0.15, -0.1) is 0 Å². The van der Waals surface area contributed by atoms with Crippen LogP contribution in [0, 0.1) is 55.4 Å². The lowest BCUT2D eigenvalue weighted by Crippen LogP contribution is -2.06. The maximum absolute atomic E-state index is 3.74. The molecule has 0 amide bonds. The summed E-state index contributed by atoms with van der Waals surface area (Å²) in [6, 6.07) is 8.71. The Balaban J connectivity index is 0. The number of nitrogens with zero attached hydrogens (tertiary/aromatic N) is 5. The van der Waals surface area contributed by atoms with E-state index in [-0.39, 0.29) is 0 Å². The summed E-state index contributed by atoms with van der Waals surface area (Å²) < 4.78 is 0. The second-order valence-electron chi connectivity index (χ2n) is 8.37. The van der Waals surface area contributed by atoms with Gasteiger partial charge < -0.3 is 4.90 Å². The summed E-state index contributed by atoms with van der Waals surface area (Å²) in [4.78, 5) is 5.62. The molecule has 2 aromatic carbocycles. The Morgan fingerprint density at radius 2 is 0.844 bits per heavy atom. The fourth-order valence-corrected chi connectivity index (χ4v) is 2.59. The van der Waals surface area contributed by atoms with Crippen molar-refractivity contribution in [1.29, 1.82) is 0 Å². The maximum atomic E-state index is 3.74. The molecule has 0 heterocycles. The molecule has 0 radical (unpaired) electrons. The van der Waals surface area contributed by atoms with Crippen molar-refractivity contribution in [1.82, 2.24) is 9.91 Å². The predicted molar refractivity (Wildman–Crippen MR) is 143 cm³/mol. The van der Waals surface area contributed by atoms with Crippen LogP contribution in [0.2, 0.25) is 0 Å². The highest BCUT2D eigenvalue weighted by Gasteiger charge is 1.98. The lowest BCUT2D eigenvalue weighted by Gasteiger charge is -2.06. The molecule has 0 spiro atoms. The second kappa shape index (κ2) is 16.9. The molecule has 0 unspecified atom stereocenters. The highest BCUT2D eigenvalue weighted by Crippen LogP contribution is 2.16. The number of hydrogen-bond acceptors (Lipinski definition) is 3. The van der Waals surface area contributed by atoms with E-state index in [9.17, 15) is 0 Å². The fourth-order valence-electron chi connectivity index (χ4n) is 2.59. The zero-order valence-electron chi connectivity index (χ0n) is 23.1. The molecule has 0 aliphatic carbocycles. The molecule has 0 saturated carbocycles. The summed E-state index contributed by atoms with van der Waals surface area (Å²) in [6.45, 7) is 17.3. The average Bonchev–Trinajstić information content (AvgIpc) is 2.72. The van der Waals surface area contributed by atoms with Crippen molar-refractivity contribution in [3.05, 3.63) is 68.8 Å². The van der Waals surface area contributed by atoms with Crippen molar-refractivity contribution >= 4 is 6.34 Å². The first-order valence-corrected chi connectivity index (χ1v) is 10.9. The monoisotopic (exact) mass is 441 g/mol. The summed E-state index contributed by atoms with van der Waals surface area (Å²) >= 11 is 0. The van der Waals surface area contributed by atoms with Crippen LogP contribution in [0.3, 0.4) is 0 Å². The zero-order valence-corrected chi connectivity index (χ0v) is 23.1. The van der Waals surface area contributed by atoms with Crippen LogP contribution < -0.4 is 0 Å². The van der Waals surface area contributed by atoms with Crippen molar-refractivity contribution in [3.63, 3.8) is 0 Å². The van der Waals surface area contributed by atoms with Crippen LogP contribution in [0.15, 0.2) is 39.6 Å². The van der Waals surface area contributed by atoms with Gasteiger partial charge in [-0.25, -0.2) is 0 Å². The van der Waals surface area contributed by atoms with Crippen molar-refractivity contribution < 1.29 is 0 Å². The van der Waals surface area contributed by atoms with Gasteiger partial charge in [-0.2, -0.15) is 5.11 Å². The third-order valence-corrected chi connectivity index (χ3v) is 5.27. The maximum Gasteiger partial charge on any atom is 0.0841 e. The Morgan fingerprint density at radius 3 is 0.938 bits per heavy atom. The minimum absolute atomic E-state index is 1.39. The molecular weight excluding hydrogens is 394 g/mol. The summed E-state index contributed by atoms with van der Waals surface area (Å²) in [7, 11) is 10.9. The van der Waals surface area contributed by atoms with Gasteiger partial charge in [-0.3, -0.25) is 10.0 Å². The molecule has 0 saturated heterocycles. The largest absolute Gasteiger partial charge is 0.369 e. The Hall–Kier alpha value is -2.69. The molecule has 5 nitrogen and oxygen atoms in total. The number of aryl methyl sites for hydroxylation is 4. The topological polar surface area (TPSA) is 43.6 Å². The van der Waals surface area contributed by atoms with E-state index in [0.717, 1.165) is 0 Å². The second-order valence-corrected chi connectivity index (χ2v) is 8.37. The molecule has 0 aliphatic rings. The lowest BCUT2D eigenvalue weighted by molar-refractivity contribution is 0.404. The molecular formula is C27H47N5. The molecule has 0 N–H and O–H groups in total. The molecule has 2 aromatic rings. The molecule has 32 heavy (non-hydrogen) atoms. The SMILES string of the molecule is CN=CN(C)C.CN=NN(C)C.Cc1ccc(C)c(C)c1C.Cc1ccc(C)c(C)c1C. The normalized spacial score (nSPS) is 9.94. The third-order valence-electron chi connectivity index (χ3n) is 5.27. The highest BCUT2D eigenvalue weighted by atomic mass is 15.5. The smallest absolute Gasteiger partial charge is 0.0841 e. The van der Waals surface area contributed by atoms with Gasteiger partial charge in [0.05, 0.1) is 13.4 Å². The quantitative estimate of drug-likeness (QED) is 0.228. The van der Waals surface area contributed by atoms with Crippen LogP contribution in [0.5, 0.6) is 0 Å². The van der Waals surface area contributed by atoms with Crippen LogP contribution in [0.4, 0.5) is 0 Å². The average molecular weight is 442 g/mol. The van der Waals surface area contributed by atoms with E-state index in [2.05, 4.69) is 95.0 Å². The van der Waals surface area contributed by atoms with E-state index in [0.29, 0.717) is 0 Å². The summed E-state index contributed by atoms with van der Waals surface area (Å²) in [5.41, 5.74) is 11.3. The van der Waals surface area contributed by atoms with Crippen LogP contribution >= 0.6 is 0 Å². The van der Waals surface area contributed by atoms with Crippen molar-refractivity contribution in [2.75, 3.05) is 42.3 Å². The van der Waals surface area contributed by atoms with Crippen LogP contribution in [0.1, 0.15) is 44.5 Å². The summed E-state index contributed by atoms with van der Waals surface area (Å²) in [5.74, 6) is 0. The Bertz CT molecular complexity index is 724. The van der Waals surface area contributed by atoms with Gasteiger partial charge in [0.2, 0.25) is 0 Å². The molecule has 0 aromatic heterocycles.